The normalized spacial score (nSPS) is 33.0. The van der Waals surface area contributed by atoms with E-state index in [-0.39, 0.29) is 17.4 Å². The average Bonchev–Trinajstić information content (AvgIpc) is 3.06. The van der Waals surface area contributed by atoms with E-state index in [4.69, 9.17) is 0 Å². The molecule has 0 spiro atoms. The molecule has 3 fully saturated rings. The standard InChI is InChI=1S/C20H30N4O2/c1-3-7-24-12-17(11-21-24)18(25)22-20(2)6-8-23(13-20)19(26)15-5-4-14-9-16(14)10-15/h11-12,14-16H,3-10,13H2,1-2H3,(H,22,25). The van der Waals surface area contributed by atoms with Gasteiger partial charge in [-0.15, -0.1) is 0 Å². The fourth-order valence-electron chi connectivity index (χ4n) is 4.76. The van der Waals surface area contributed by atoms with Crippen LogP contribution in [0.2, 0.25) is 0 Å². The Labute approximate surface area is 155 Å². The molecule has 142 valence electrons. The van der Waals surface area contributed by atoms with Crippen molar-refractivity contribution >= 4 is 11.8 Å². The highest BCUT2D eigenvalue weighted by Crippen LogP contribution is 2.51. The molecule has 0 aromatic carbocycles. The van der Waals surface area contributed by atoms with E-state index >= 15 is 0 Å². The lowest BCUT2D eigenvalue weighted by atomic mass is 9.88. The highest BCUT2D eigenvalue weighted by Gasteiger charge is 2.46. The summed E-state index contributed by atoms with van der Waals surface area (Å²) in [5.74, 6) is 2.15. The lowest BCUT2D eigenvalue weighted by Crippen LogP contribution is -2.49. The maximum absolute atomic E-state index is 12.9. The maximum Gasteiger partial charge on any atom is 0.254 e. The second-order valence-corrected chi connectivity index (χ2v) is 8.78. The Balaban J connectivity index is 1.33. The third kappa shape index (κ3) is 3.51. The zero-order valence-electron chi connectivity index (χ0n) is 15.9. The first-order chi connectivity index (χ1) is 12.5. The fraction of sp³-hybridized carbons (Fsp3) is 0.750. The Morgan fingerprint density at radius 1 is 1.31 bits per heavy atom. The summed E-state index contributed by atoms with van der Waals surface area (Å²) < 4.78 is 1.80. The second-order valence-electron chi connectivity index (χ2n) is 8.78. The third-order valence-corrected chi connectivity index (χ3v) is 6.44. The Kier molecular flexibility index (Phi) is 4.53. The number of hydrogen-bond donors (Lipinski definition) is 1. The van der Waals surface area contributed by atoms with Crippen LogP contribution in [0.1, 0.15) is 62.7 Å². The second kappa shape index (κ2) is 6.71. The number of rotatable bonds is 5. The van der Waals surface area contributed by atoms with Crippen LogP contribution < -0.4 is 5.32 Å². The lowest BCUT2D eigenvalue weighted by molar-refractivity contribution is -0.135. The van der Waals surface area contributed by atoms with Crippen molar-refractivity contribution in [3.63, 3.8) is 0 Å². The molecule has 2 aliphatic carbocycles. The van der Waals surface area contributed by atoms with Crippen molar-refractivity contribution < 1.29 is 9.59 Å². The van der Waals surface area contributed by atoms with E-state index in [1.165, 1.54) is 12.8 Å². The average molecular weight is 358 g/mol. The molecule has 1 aromatic heterocycles. The minimum Gasteiger partial charge on any atom is -0.345 e. The van der Waals surface area contributed by atoms with E-state index in [1.54, 1.807) is 17.1 Å². The van der Waals surface area contributed by atoms with E-state index in [1.807, 2.05) is 11.8 Å². The number of hydrogen-bond acceptors (Lipinski definition) is 3. The topological polar surface area (TPSA) is 67.2 Å². The molecule has 0 bridgehead atoms. The summed E-state index contributed by atoms with van der Waals surface area (Å²) in [4.78, 5) is 27.4. The van der Waals surface area contributed by atoms with Gasteiger partial charge < -0.3 is 10.2 Å². The summed E-state index contributed by atoms with van der Waals surface area (Å²) in [5.41, 5.74) is 0.243. The molecule has 1 aromatic rings. The van der Waals surface area contributed by atoms with Gasteiger partial charge in [-0.3, -0.25) is 14.3 Å². The lowest BCUT2D eigenvalue weighted by Gasteiger charge is -2.29. The third-order valence-electron chi connectivity index (χ3n) is 6.44. The molecule has 4 unspecified atom stereocenters. The number of nitrogens with one attached hydrogen (secondary N) is 1. The molecule has 4 atom stereocenters. The fourth-order valence-corrected chi connectivity index (χ4v) is 4.76. The first kappa shape index (κ1) is 17.6. The molecule has 4 rings (SSSR count). The van der Waals surface area contributed by atoms with Crippen molar-refractivity contribution in [2.75, 3.05) is 13.1 Å². The number of nitrogens with zero attached hydrogens (tertiary/aromatic N) is 3. The highest BCUT2D eigenvalue weighted by atomic mass is 16.2. The smallest absolute Gasteiger partial charge is 0.254 e. The summed E-state index contributed by atoms with van der Waals surface area (Å²) in [6, 6.07) is 0. The van der Waals surface area contributed by atoms with Gasteiger partial charge in [0.05, 0.1) is 17.3 Å². The minimum absolute atomic E-state index is 0.0948. The summed E-state index contributed by atoms with van der Waals surface area (Å²) >= 11 is 0. The Hall–Kier alpha value is -1.85. The summed E-state index contributed by atoms with van der Waals surface area (Å²) in [6.07, 6.45) is 9.92. The van der Waals surface area contributed by atoms with Crippen LogP contribution in [-0.2, 0) is 11.3 Å². The van der Waals surface area contributed by atoms with Crippen molar-refractivity contribution in [3.05, 3.63) is 18.0 Å². The molecular formula is C20H30N4O2. The van der Waals surface area contributed by atoms with Gasteiger partial charge in [-0.2, -0.15) is 5.10 Å². The largest absolute Gasteiger partial charge is 0.345 e. The van der Waals surface area contributed by atoms with Gasteiger partial charge >= 0.3 is 0 Å². The quantitative estimate of drug-likeness (QED) is 0.879. The number of likely N-dealkylation sites (tertiary alicyclic amines) is 1. The first-order valence-electron chi connectivity index (χ1n) is 10.1. The predicted octanol–water partition coefficient (Wildman–Crippen LogP) is 2.45. The van der Waals surface area contributed by atoms with Crippen LogP contribution in [0.25, 0.3) is 0 Å². The van der Waals surface area contributed by atoms with Crippen LogP contribution in [0.3, 0.4) is 0 Å². The first-order valence-corrected chi connectivity index (χ1v) is 10.1. The van der Waals surface area contributed by atoms with E-state index in [9.17, 15) is 9.59 Å². The van der Waals surface area contributed by atoms with Crippen molar-refractivity contribution in [1.29, 1.82) is 0 Å². The number of aromatic nitrogens is 2. The SMILES string of the molecule is CCCn1cc(C(=O)NC2(C)CCN(C(=O)C3CCC4CC4C3)C2)cn1. The van der Waals surface area contributed by atoms with Crippen LogP contribution in [0.15, 0.2) is 12.4 Å². The molecule has 2 saturated carbocycles. The van der Waals surface area contributed by atoms with Gasteiger partial charge in [0.2, 0.25) is 5.91 Å². The molecule has 6 heteroatoms. The molecule has 0 radical (unpaired) electrons. The number of carbonyl (C=O) groups is 2. The Bertz CT molecular complexity index is 700. The zero-order valence-corrected chi connectivity index (χ0v) is 15.9. The van der Waals surface area contributed by atoms with E-state index in [0.717, 1.165) is 50.6 Å². The predicted molar refractivity (Wildman–Crippen MR) is 98.5 cm³/mol. The van der Waals surface area contributed by atoms with Crippen molar-refractivity contribution in [3.8, 4) is 0 Å². The molecule has 1 N–H and O–H groups in total. The van der Waals surface area contributed by atoms with Gasteiger partial charge in [0.1, 0.15) is 0 Å². The van der Waals surface area contributed by atoms with Crippen LogP contribution in [0, 0.1) is 17.8 Å². The number of aryl methyl sites for hydroxylation is 1. The zero-order chi connectivity index (χ0) is 18.3. The van der Waals surface area contributed by atoms with Gasteiger partial charge in [-0.05, 0) is 57.3 Å². The van der Waals surface area contributed by atoms with Gasteiger partial charge in [-0.25, -0.2) is 0 Å². The summed E-state index contributed by atoms with van der Waals surface area (Å²) in [5, 5.41) is 7.38. The number of carbonyl (C=O) groups excluding carboxylic acids is 2. The van der Waals surface area contributed by atoms with E-state index in [0.29, 0.717) is 18.0 Å². The molecule has 1 aliphatic heterocycles. The molecule has 2 heterocycles. The van der Waals surface area contributed by atoms with Gasteiger partial charge in [0.15, 0.2) is 0 Å². The van der Waals surface area contributed by atoms with E-state index < -0.39 is 0 Å². The monoisotopic (exact) mass is 358 g/mol. The van der Waals surface area contributed by atoms with E-state index in [2.05, 4.69) is 17.3 Å². The maximum atomic E-state index is 12.9. The van der Waals surface area contributed by atoms with Crippen LogP contribution >= 0.6 is 0 Å². The van der Waals surface area contributed by atoms with Crippen LogP contribution in [-0.4, -0.2) is 45.1 Å². The minimum atomic E-state index is -0.351. The summed E-state index contributed by atoms with van der Waals surface area (Å²) in [7, 11) is 0. The van der Waals surface area contributed by atoms with Crippen LogP contribution in [0.5, 0.6) is 0 Å². The highest BCUT2D eigenvalue weighted by molar-refractivity contribution is 5.94. The van der Waals surface area contributed by atoms with Gasteiger partial charge in [0, 0.05) is 31.7 Å². The molecule has 3 aliphatic rings. The molecule has 1 saturated heterocycles. The van der Waals surface area contributed by atoms with Gasteiger partial charge in [-0.1, -0.05) is 6.92 Å². The summed E-state index contributed by atoms with van der Waals surface area (Å²) in [6.45, 7) is 6.31. The molecule has 6 nitrogen and oxygen atoms in total. The number of fused-ring (bicyclic) bond motifs is 1. The van der Waals surface area contributed by atoms with Gasteiger partial charge in [0.25, 0.3) is 5.91 Å². The number of amides is 2. The molecule has 2 amide bonds. The molecule has 26 heavy (non-hydrogen) atoms. The van der Waals surface area contributed by atoms with Crippen molar-refractivity contribution in [1.82, 2.24) is 20.0 Å². The molecular weight excluding hydrogens is 328 g/mol. The van der Waals surface area contributed by atoms with Crippen LogP contribution in [0.4, 0.5) is 0 Å². The van der Waals surface area contributed by atoms with Crippen molar-refractivity contribution in [2.24, 2.45) is 17.8 Å². The Morgan fingerprint density at radius 3 is 2.92 bits per heavy atom. The van der Waals surface area contributed by atoms with Crippen molar-refractivity contribution in [2.45, 2.75) is 64.5 Å². The Morgan fingerprint density at radius 2 is 2.15 bits per heavy atom.